The van der Waals surface area contributed by atoms with Gasteiger partial charge in [-0.25, -0.2) is 24.9 Å². The summed E-state index contributed by atoms with van der Waals surface area (Å²) >= 11 is 0. The Morgan fingerprint density at radius 1 is 0.215 bits per heavy atom. The van der Waals surface area contributed by atoms with Gasteiger partial charge in [0.2, 0.25) is 0 Å². The Balaban J connectivity index is -0.000000116. The smallest absolute Gasteiger partial charge is 0.138 e. The molecular weight excluding hydrogens is 981 g/mol. The molecule has 79 heavy (non-hydrogen) atoms. The molecular formula is C63H104N16. The van der Waals surface area contributed by atoms with E-state index in [1.807, 2.05) is 246 Å². The highest BCUT2D eigenvalue weighted by Crippen LogP contribution is 1.90. The SMILES string of the molecule is CC.CC.CC.CC.CC.CC.CC.CC.Cc1ccccn1.Cc1cccnc1.Cc1cccnn1.Cc1ccncc1.Cc1ccncn1.Cc1ccnnc1.Cc1cnccn1.Cc1cncnc1.Cc1cncnn1. The molecule has 0 aliphatic rings. The van der Waals surface area contributed by atoms with Gasteiger partial charge in [0.15, 0.2) is 0 Å². The molecule has 0 aromatic carbocycles. The van der Waals surface area contributed by atoms with Crippen LogP contribution >= 0.6 is 0 Å². The van der Waals surface area contributed by atoms with Gasteiger partial charge in [-0.2, -0.15) is 25.5 Å². The molecule has 0 amide bonds. The molecule has 9 heterocycles. The predicted molar refractivity (Wildman–Crippen MR) is 336 cm³/mol. The molecule has 0 fully saturated rings. The number of aromatic nitrogens is 16. The quantitative estimate of drug-likeness (QED) is 0.138. The highest BCUT2D eigenvalue weighted by molar-refractivity contribution is 5.06. The Hall–Kier alpha value is -8.14. The average Bonchev–Trinajstić information content (AvgIpc) is 3.52. The van der Waals surface area contributed by atoms with Gasteiger partial charge in [-0.05, 0) is 139 Å². The predicted octanol–water partition coefficient (Wildman–Crippen LogP) is 16.5. The van der Waals surface area contributed by atoms with Crippen LogP contribution in [0, 0.1) is 62.3 Å². The van der Waals surface area contributed by atoms with Crippen molar-refractivity contribution < 1.29 is 0 Å². The topological polar surface area (TPSA) is 206 Å². The second kappa shape index (κ2) is 81.2. The minimum Gasteiger partial charge on any atom is -0.265 e. The summed E-state index contributed by atoms with van der Waals surface area (Å²) in [5.41, 5.74) is 9.57. The van der Waals surface area contributed by atoms with Gasteiger partial charge in [-0.3, -0.25) is 24.9 Å². The van der Waals surface area contributed by atoms with Crippen molar-refractivity contribution in [2.75, 3.05) is 0 Å². The Labute approximate surface area is 481 Å². The molecule has 16 nitrogen and oxygen atoms in total. The minimum absolute atomic E-state index is 0.850. The Morgan fingerprint density at radius 3 is 0.924 bits per heavy atom. The first kappa shape index (κ1) is 87.5. The van der Waals surface area contributed by atoms with E-state index < -0.39 is 0 Å². The fourth-order valence-electron chi connectivity index (χ4n) is 3.48. The molecule has 436 valence electrons. The van der Waals surface area contributed by atoms with Gasteiger partial charge in [-0.15, -0.1) is 5.10 Å². The summed E-state index contributed by atoms with van der Waals surface area (Å²) in [6.07, 6.45) is 30.5. The van der Waals surface area contributed by atoms with Crippen LogP contribution in [0.3, 0.4) is 0 Å². The normalized spacial score (nSPS) is 7.56. The summed E-state index contributed by atoms with van der Waals surface area (Å²) in [5, 5.41) is 21.8. The number of pyridine rings is 3. The van der Waals surface area contributed by atoms with Crippen molar-refractivity contribution in [3.63, 3.8) is 0 Å². The number of hydrogen-bond acceptors (Lipinski definition) is 16. The number of rotatable bonds is 0. The van der Waals surface area contributed by atoms with Crippen LogP contribution < -0.4 is 0 Å². The number of hydrogen-bond donors (Lipinski definition) is 0. The van der Waals surface area contributed by atoms with E-state index in [1.165, 1.54) is 30.1 Å². The van der Waals surface area contributed by atoms with Crippen molar-refractivity contribution in [3.05, 3.63) is 229 Å². The van der Waals surface area contributed by atoms with Gasteiger partial charge in [0.05, 0.1) is 29.5 Å². The van der Waals surface area contributed by atoms with Crippen LogP contribution in [0.25, 0.3) is 0 Å². The lowest BCUT2D eigenvalue weighted by atomic mass is 10.3. The van der Waals surface area contributed by atoms with E-state index in [4.69, 9.17) is 0 Å². The van der Waals surface area contributed by atoms with Crippen LogP contribution in [0.5, 0.6) is 0 Å². The maximum atomic E-state index is 3.98. The van der Waals surface area contributed by atoms with Gasteiger partial charge in [-0.1, -0.05) is 123 Å². The van der Waals surface area contributed by atoms with Crippen molar-refractivity contribution >= 4 is 0 Å². The first-order valence-corrected chi connectivity index (χ1v) is 27.4. The Kier molecular flexibility index (Phi) is 90.0. The molecule has 0 saturated heterocycles. The van der Waals surface area contributed by atoms with E-state index in [0.29, 0.717) is 0 Å². The molecule has 0 aliphatic heterocycles. The second-order valence-corrected chi connectivity index (χ2v) is 12.7. The third-order valence-electron chi connectivity index (χ3n) is 6.61. The Bertz CT molecular complexity index is 1760. The molecule has 9 rings (SSSR count). The van der Waals surface area contributed by atoms with Crippen LogP contribution in [0.1, 0.15) is 162 Å². The zero-order valence-corrected chi connectivity index (χ0v) is 53.4. The molecule has 9 aromatic heterocycles. The monoisotopic (exact) mass is 1080 g/mol. The maximum Gasteiger partial charge on any atom is 0.138 e. The lowest BCUT2D eigenvalue weighted by Crippen LogP contribution is -1.84. The fraction of sp³-hybridized carbons (Fsp3) is 0.397. The highest BCUT2D eigenvalue weighted by Gasteiger charge is 1.79. The molecule has 0 aliphatic carbocycles. The van der Waals surface area contributed by atoms with E-state index in [2.05, 4.69) is 80.4 Å². The minimum atomic E-state index is 0.850. The molecule has 0 bridgehead atoms. The fourth-order valence-corrected chi connectivity index (χ4v) is 3.48. The van der Waals surface area contributed by atoms with Crippen molar-refractivity contribution in [3.8, 4) is 0 Å². The van der Waals surface area contributed by atoms with E-state index >= 15 is 0 Å². The van der Waals surface area contributed by atoms with Crippen LogP contribution in [0.4, 0.5) is 0 Å². The summed E-state index contributed by atoms with van der Waals surface area (Å²) in [4.78, 5) is 38.3. The van der Waals surface area contributed by atoms with Crippen molar-refractivity contribution in [2.24, 2.45) is 0 Å². The van der Waals surface area contributed by atoms with Crippen LogP contribution in [0.2, 0.25) is 0 Å². The molecule has 0 saturated carbocycles. The van der Waals surface area contributed by atoms with Crippen LogP contribution in [-0.4, -0.2) is 80.4 Å². The molecule has 0 radical (unpaired) electrons. The second-order valence-electron chi connectivity index (χ2n) is 12.7. The molecule has 0 spiro atoms. The van der Waals surface area contributed by atoms with Gasteiger partial charge in [0.25, 0.3) is 0 Å². The van der Waals surface area contributed by atoms with Crippen molar-refractivity contribution in [2.45, 2.75) is 173 Å². The molecule has 0 unspecified atom stereocenters. The van der Waals surface area contributed by atoms with E-state index in [9.17, 15) is 0 Å². The lowest BCUT2D eigenvalue weighted by Gasteiger charge is -1.82. The average molecular weight is 1090 g/mol. The summed E-state index contributed by atoms with van der Waals surface area (Å²) in [5.74, 6) is 0. The highest BCUT2D eigenvalue weighted by atomic mass is 15.1. The molecule has 9 aromatic rings. The summed E-state index contributed by atoms with van der Waals surface area (Å²) in [7, 11) is 0. The van der Waals surface area contributed by atoms with Gasteiger partial charge < -0.3 is 0 Å². The number of nitrogens with zero attached hydrogens (tertiary/aromatic N) is 16. The number of aryl methyl sites for hydroxylation is 9. The van der Waals surface area contributed by atoms with Gasteiger partial charge >= 0.3 is 0 Å². The van der Waals surface area contributed by atoms with E-state index in [-0.39, 0.29) is 0 Å². The maximum absolute atomic E-state index is 3.98. The van der Waals surface area contributed by atoms with E-state index in [1.54, 1.807) is 86.8 Å². The zero-order chi connectivity index (χ0) is 62.0. The first-order valence-electron chi connectivity index (χ1n) is 27.4. The Morgan fingerprint density at radius 2 is 0.696 bits per heavy atom. The largest absolute Gasteiger partial charge is 0.265 e. The van der Waals surface area contributed by atoms with Crippen LogP contribution in [0.15, 0.2) is 179 Å². The molecule has 0 atom stereocenters. The lowest BCUT2D eigenvalue weighted by molar-refractivity contribution is 0.925. The van der Waals surface area contributed by atoms with Crippen LogP contribution in [-0.2, 0) is 0 Å². The summed E-state index contributed by atoms with van der Waals surface area (Å²) in [6, 6.07) is 21.3. The third-order valence-corrected chi connectivity index (χ3v) is 6.61. The molecule has 16 heteroatoms. The molecule has 0 N–H and O–H groups in total. The van der Waals surface area contributed by atoms with Crippen molar-refractivity contribution in [1.82, 2.24) is 80.4 Å². The van der Waals surface area contributed by atoms with E-state index in [0.717, 1.165) is 39.6 Å². The van der Waals surface area contributed by atoms with Gasteiger partial charge in [0.1, 0.15) is 19.0 Å². The summed E-state index contributed by atoms with van der Waals surface area (Å²) in [6.45, 7) is 49.6. The van der Waals surface area contributed by atoms with Gasteiger partial charge in [0, 0.05) is 91.9 Å². The standard InChI is InChI=1S/3C6H7N.5C5H6N2.C4H5N3.8C2H6/c1-6-2-4-7-5-3-6;1-6-3-2-4-7-5-6;1-6-4-2-3-5-7-6;1-5-2-6-4-7-3-5;1-5-4-6-2-3-7-5;1-5-2-3-6-4-7-5;1-5-2-3-6-7-4-5;1-5-3-2-4-6-7-5;1-4-2-5-3-6-7-4;8*1-2/h3*2-5H,1H3;5*2-4H,1H3;2-3H,1H3;8*1-2H3. The first-order chi connectivity index (χ1) is 38.5. The summed E-state index contributed by atoms with van der Waals surface area (Å²) < 4.78 is 0. The zero-order valence-electron chi connectivity index (χ0n) is 53.4. The third kappa shape index (κ3) is 78.9. The van der Waals surface area contributed by atoms with Crippen molar-refractivity contribution in [1.29, 1.82) is 0 Å².